The van der Waals surface area contributed by atoms with Crippen LogP contribution in [-0.2, 0) is 10.2 Å². The van der Waals surface area contributed by atoms with Gasteiger partial charge in [0.1, 0.15) is 17.7 Å². The van der Waals surface area contributed by atoms with Crippen LogP contribution in [0.25, 0.3) is 6.08 Å². The number of nitrogens with zero attached hydrogens (tertiary/aromatic N) is 2. The topological polar surface area (TPSA) is 95.1 Å². The molecule has 2 aromatic rings. The fourth-order valence-electron chi connectivity index (χ4n) is 6.97. The molecule has 4 fully saturated rings. The lowest BCUT2D eigenvalue weighted by atomic mass is 9.48. The highest BCUT2D eigenvalue weighted by Crippen LogP contribution is 2.60. The normalized spacial score (nSPS) is 25.4. The average molecular weight is 482 g/mol. The number of benzene rings is 2. The molecule has 0 aliphatic heterocycles. The molecule has 0 unspecified atom stereocenters. The summed E-state index contributed by atoms with van der Waals surface area (Å²) in [7, 11) is 0. The molecule has 6 rings (SSSR count). The molecule has 184 valence electrons. The molecule has 4 bridgehead atoms. The smallest absolute Gasteiger partial charge is 0.262 e. The Kier molecular flexibility index (Phi) is 6.70. The fourth-order valence-corrected chi connectivity index (χ4v) is 6.97. The third kappa shape index (κ3) is 4.95. The first-order valence-corrected chi connectivity index (χ1v) is 12.8. The number of allylic oxidation sites excluding steroid dienone is 1. The molecule has 4 aliphatic carbocycles. The summed E-state index contributed by atoms with van der Waals surface area (Å²) in [5, 5.41) is 20.9. The molecule has 0 atom stereocenters. The Morgan fingerprint density at radius 3 is 2.19 bits per heavy atom. The molecule has 0 spiro atoms. The Balaban J connectivity index is 1.20. The maximum atomic E-state index is 12.6. The van der Waals surface area contributed by atoms with Gasteiger partial charge in [0.15, 0.2) is 18.1 Å². The molecule has 36 heavy (non-hydrogen) atoms. The minimum atomic E-state index is -0.250. The molecular weight excluding hydrogens is 450 g/mol. The van der Waals surface area contributed by atoms with Gasteiger partial charge in [0.05, 0.1) is 6.61 Å². The molecule has 4 aliphatic rings. The summed E-state index contributed by atoms with van der Waals surface area (Å²) in [6, 6.07) is 17.2. The lowest BCUT2D eigenvalue weighted by Crippen LogP contribution is -2.48. The maximum Gasteiger partial charge on any atom is 0.262 e. The fraction of sp³-hybridized carbons (Fsp3) is 0.433. The van der Waals surface area contributed by atoms with Crippen molar-refractivity contribution >= 4 is 17.7 Å². The van der Waals surface area contributed by atoms with Gasteiger partial charge in [-0.2, -0.15) is 10.5 Å². The molecule has 6 heteroatoms. The highest BCUT2D eigenvalue weighted by molar-refractivity contribution is 5.91. The SMILES string of the molecule is CCOc1cc(C=C(C#N)C#N)ccc1OCC(=O)Nc1ccc(C23CC4CC(CC(C4)C2)C3)cc1. The number of amides is 1. The summed E-state index contributed by atoms with van der Waals surface area (Å²) in [4.78, 5) is 12.6. The van der Waals surface area contributed by atoms with Gasteiger partial charge in [-0.25, -0.2) is 0 Å². The number of ether oxygens (including phenoxy) is 2. The Bertz CT molecular complexity index is 1200. The number of nitrogens with one attached hydrogen (secondary N) is 1. The second-order valence-corrected chi connectivity index (χ2v) is 10.5. The number of rotatable bonds is 8. The molecule has 4 saturated carbocycles. The summed E-state index contributed by atoms with van der Waals surface area (Å²) in [5.74, 6) is 3.34. The zero-order chi connectivity index (χ0) is 25.1. The minimum absolute atomic E-state index is 0.000273. The van der Waals surface area contributed by atoms with Gasteiger partial charge in [0.2, 0.25) is 0 Å². The van der Waals surface area contributed by atoms with E-state index in [1.54, 1.807) is 18.2 Å². The van der Waals surface area contributed by atoms with Crippen LogP contribution in [0.4, 0.5) is 5.69 Å². The van der Waals surface area contributed by atoms with Crippen LogP contribution in [0.15, 0.2) is 48.0 Å². The third-order valence-corrected chi connectivity index (χ3v) is 8.00. The largest absolute Gasteiger partial charge is 0.490 e. The van der Waals surface area contributed by atoms with Crippen molar-refractivity contribution in [3.8, 4) is 23.6 Å². The van der Waals surface area contributed by atoms with Gasteiger partial charge in [-0.1, -0.05) is 18.2 Å². The van der Waals surface area contributed by atoms with Crippen LogP contribution >= 0.6 is 0 Å². The number of nitriles is 2. The van der Waals surface area contributed by atoms with Crippen molar-refractivity contribution < 1.29 is 14.3 Å². The molecule has 0 saturated heterocycles. The molecule has 0 aromatic heterocycles. The van der Waals surface area contributed by atoms with Gasteiger partial charge in [-0.3, -0.25) is 4.79 Å². The van der Waals surface area contributed by atoms with Crippen molar-refractivity contribution in [3.63, 3.8) is 0 Å². The van der Waals surface area contributed by atoms with Crippen LogP contribution in [0.2, 0.25) is 0 Å². The maximum absolute atomic E-state index is 12.6. The second-order valence-electron chi connectivity index (χ2n) is 10.5. The first kappa shape index (κ1) is 23.9. The zero-order valence-electron chi connectivity index (χ0n) is 20.6. The van der Waals surface area contributed by atoms with E-state index in [4.69, 9.17) is 20.0 Å². The molecule has 0 heterocycles. The van der Waals surface area contributed by atoms with Crippen LogP contribution in [0.3, 0.4) is 0 Å². The number of hydrogen-bond donors (Lipinski definition) is 1. The van der Waals surface area contributed by atoms with Crippen LogP contribution in [0.5, 0.6) is 11.5 Å². The van der Waals surface area contributed by atoms with Crippen molar-refractivity contribution in [1.29, 1.82) is 10.5 Å². The lowest BCUT2D eigenvalue weighted by Gasteiger charge is -2.57. The molecule has 1 amide bonds. The van der Waals surface area contributed by atoms with Crippen LogP contribution in [0, 0.1) is 40.4 Å². The van der Waals surface area contributed by atoms with E-state index in [2.05, 4.69) is 17.4 Å². The van der Waals surface area contributed by atoms with Crippen molar-refractivity contribution in [2.24, 2.45) is 17.8 Å². The van der Waals surface area contributed by atoms with Gasteiger partial charge in [-0.05, 0) is 110 Å². The third-order valence-electron chi connectivity index (χ3n) is 8.00. The summed E-state index contributed by atoms with van der Waals surface area (Å²) in [5.41, 5.74) is 3.19. The van der Waals surface area contributed by atoms with Gasteiger partial charge < -0.3 is 14.8 Å². The first-order chi connectivity index (χ1) is 17.5. The van der Waals surface area contributed by atoms with Gasteiger partial charge in [0.25, 0.3) is 5.91 Å². The summed E-state index contributed by atoms with van der Waals surface area (Å²) >= 11 is 0. The highest BCUT2D eigenvalue weighted by atomic mass is 16.5. The van der Waals surface area contributed by atoms with Crippen molar-refractivity contribution in [2.75, 3.05) is 18.5 Å². The van der Waals surface area contributed by atoms with E-state index in [1.807, 2.05) is 31.2 Å². The zero-order valence-corrected chi connectivity index (χ0v) is 20.6. The Labute approximate surface area is 212 Å². The minimum Gasteiger partial charge on any atom is -0.490 e. The monoisotopic (exact) mass is 481 g/mol. The van der Waals surface area contributed by atoms with Crippen molar-refractivity contribution in [3.05, 3.63) is 59.2 Å². The van der Waals surface area contributed by atoms with E-state index < -0.39 is 0 Å². The van der Waals surface area contributed by atoms with Gasteiger partial charge in [-0.15, -0.1) is 0 Å². The Morgan fingerprint density at radius 1 is 0.972 bits per heavy atom. The molecular formula is C30H31N3O3. The van der Waals surface area contributed by atoms with Crippen molar-refractivity contribution in [1.82, 2.24) is 0 Å². The summed E-state index contributed by atoms with van der Waals surface area (Å²) < 4.78 is 11.4. The van der Waals surface area contributed by atoms with E-state index in [-0.39, 0.29) is 18.1 Å². The van der Waals surface area contributed by atoms with Gasteiger partial charge in [0, 0.05) is 5.69 Å². The Hall–Kier alpha value is -3.77. The average Bonchev–Trinajstić information content (AvgIpc) is 2.86. The van der Waals surface area contributed by atoms with E-state index in [9.17, 15) is 4.79 Å². The second kappa shape index (κ2) is 10.1. The molecule has 6 nitrogen and oxygen atoms in total. The Morgan fingerprint density at radius 2 is 1.61 bits per heavy atom. The quantitative estimate of drug-likeness (QED) is 0.467. The molecule has 0 radical (unpaired) electrons. The number of hydrogen-bond acceptors (Lipinski definition) is 5. The highest BCUT2D eigenvalue weighted by Gasteiger charge is 2.51. The predicted octanol–water partition coefficient (Wildman–Crippen LogP) is 6.00. The number of carbonyl (C=O) groups is 1. The van der Waals surface area contributed by atoms with E-state index in [1.165, 1.54) is 50.2 Å². The molecule has 2 aromatic carbocycles. The lowest BCUT2D eigenvalue weighted by molar-refractivity contribution is -0.118. The van der Waals surface area contributed by atoms with E-state index >= 15 is 0 Å². The first-order valence-electron chi connectivity index (χ1n) is 12.8. The predicted molar refractivity (Wildman–Crippen MR) is 137 cm³/mol. The van der Waals surface area contributed by atoms with Crippen LogP contribution in [0.1, 0.15) is 56.6 Å². The molecule has 1 N–H and O–H groups in total. The summed E-state index contributed by atoms with van der Waals surface area (Å²) in [6.07, 6.45) is 9.73. The van der Waals surface area contributed by atoms with Crippen LogP contribution in [-0.4, -0.2) is 19.1 Å². The van der Waals surface area contributed by atoms with Crippen LogP contribution < -0.4 is 14.8 Å². The standard InChI is InChI=1S/C30H31N3O3/c1-2-35-28-13-20(9-24(17-31)18-32)3-8-27(28)36-19-29(34)33-26-6-4-25(5-7-26)30-14-21-10-22(15-30)12-23(11-21)16-30/h3-9,13,21-23H,2,10-12,14-16,19H2,1H3,(H,33,34). The van der Waals surface area contributed by atoms with E-state index in [0.29, 0.717) is 29.1 Å². The summed E-state index contributed by atoms with van der Waals surface area (Å²) in [6.45, 7) is 2.10. The number of carbonyl (C=O) groups excluding carboxylic acids is 1. The van der Waals surface area contributed by atoms with E-state index in [0.717, 1.165) is 23.4 Å². The number of anilines is 1. The van der Waals surface area contributed by atoms with Gasteiger partial charge >= 0.3 is 0 Å². The van der Waals surface area contributed by atoms with Crippen molar-refractivity contribution in [2.45, 2.75) is 50.9 Å².